The molecule has 6 nitrogen and oxygen atoms in total. The minimum atomic E-state index is -0.0157. The Morgan fingerprint density at radius 1 is 1.04 bits per heavy atom. The van der Waals surface area contributed by atoms with Crippen LogP contribution in [-0.4, -0.2) is 36.9 Å². The van der Waals surface area contributed by atoms with Crippen molar-refractivity contribution in [2.24, 2.45) is 0 Å². The third kappa shape index (κ3) is 2.73. The third-order valence-corrected chi connectivity index (χ3v) is 5.26. The van der Waals surface area contributed by atoms with E-state index in [-0.39, 0.29) is 11.9 Å². The van der Waals surface area contributed by atoms with E-state index in [9.17, 15) is 4.79 Å². The van der Waals surface area contributed by atoms with Crippen molar-refractivity contribution < 1.29 is 4.79 Å². The van der Waals surface area contributed by atoms with Crippen molar-refractivity contribution in [3.8, 4) is 0 Å². The lowest BCUT2D eigenvalue weighted by Crippen LogP contribution is -2.39. The van der Waals surface area contributed by atoms with Crippen LogP contribution in [0.15, 0.2) is 61.1 Å². The number of carbonyl (C=O) groups excluding carboxylic acids is 1. The average Bonchev–Trinajstić information content (AvgIpc) is 3.21. The van der Waals surface area contributed by atoms with E-state index in [0.717, 1.165) is 48.1 Å². The molecule has 1 amide bonds. The molecule has 4 heterocycles. The highest BCUT2D eigenvalue weighted by Crippen LogP contribution is 2.32. The lowest BCUT2D eigenvalue weighted by atomic mass is 9.97. The number of benzene rings is 1. The number of fused-ring (bicyclic) bond motifs is 2. The van der Waals surface area contributed by atoms with Crippen LogP contribution in [0, 0.1) is 0 Å². The Balaban J connectivity index is 1.55. The number of likely N-dealkylation sites (tertiary alicyclic amines) is 1. The molecule has 6 heteroatoms. The van der Waals surface area contributed by atoms with Crippen molar-refractivity contribution in [3.63, 3.8) is 0 Å². The molecule has 1 aromatic carbocycles. The zero-order chi connectivity index (χ0) is 18.2. The Bertz CT molecular complexity index is 1130. The van der Waals surface area contributed by atoms with Gasteiger partial charge in [0, 0.05) is 36.0 Å². The van der Waals surface area contributed by atoms with E-state index in [1.54, 1.807) is 16.9 Å². The van der Waals surface area contributed by atoms with Gasteiger partial charge in [0.25, 0.3) is 5.91 Å². The van der Waals surface area contributed by atoms with Gasteiger partial charge in [0.1, 0.15) is 0 Å². The zero-order valence-electron chi connectivity index (χ0n) is 14.8. The number of aromatic nitrogens is 4. The predicted octanol–water partition coefficient (Wildman–Crippen LogP) is 3.64. The molecule has 0 radical (unpaired) electrons. The second-order valence-corrected chi connectivity index (χ2v) is 6.87. The number of amides is 1. The van der Waals surface area contributed by atoms with Crippen LogP contribution in [0.25, 0.3) is 16.6 Å². The van der Waals surface area contributed by atoms with Gasteiger partial charge in [-0.15, -0.1) is 0 Å². The molecular weight excluding hydrogens is 338 g/mol. The standard InChI is InChI=1S/C21H19N5O/c27-21(16-5-3-7-17-15(16)6-4-11-22-17)25-13-2-1-8-19(25)18-10-14-26-20(24-18)9-12-23-26/h3-7,9-12,14,19H,1-2,8,13H2. The molecule has 1 aliphatic rings. The largest absolute Gasteiger partial charge is 0.330 e. The van der Waals surface area contributed by atoms with E-state index < -0.39 is 0 Å². The van der Waals surface area contributed by atoms with E-state index in [0.29, 0.717) is 5.56 Å². The zero-order valence-corrected chi connectivity index (χ0v) is 14.8. The van der Waals surface area contributed by atoms with Crippen LogP contribution in [0.2, 0.25) is 0 Å². The number of hydrogen-bond donors (Lipinski definition) is 0. The molecule has 4 aromatic rings. The molecule has 0 spiro atoms. The highest BCUT2D eigenvalue weighted by atomic mass is 16.2. The Hall–Kier alpha value is -3.28. The Morgan fingerprint density at radius 3 is 2.96 bits per heavy atom. The van der Waals surface area contributed by atoms with Crippen molar-refractivity contribution in [1.29, 1.82) is 0 Å². The molecule has 1 unspecified atom stereocenters. The summed E-state index contributed by atoms with van der Waals surface area (Å²) in [5, 5.41) is 5.10. The molecule has 5 rings (SSSR count). The van der Waals surface area contributed by atoms with Crippen LogP contribution in [0.4, 0.5) is 0 Å². The molecule has 1 saturated heterocycles. The topological polar surface area (TPSA) is 63.4 Å². The van der Waals surface area contributed by atoms with Gasteiger partial charge >= 0.3 is 0 Å². The van der Waals surface area contributed by atoms with Crippen molar-refractivity contribution in [3.05, 3.63) is 72.3 Å². The third-order valence-electron chi connectivity index (χ3n) is 5.26. The van der Waals surface area contributed by atoms with Gasteiger partial charge in [-0.3, -0.25) is 9.78 Å². The first-order chi connectivity index (χ1) is 13.3. The minimum absolute atomic E-state index is 0.0157. The fourth-order valence-electron chi connectivity index (χ4n) is 3.94. The molecule has 0 N–H and O–H groups in total. The van der Waals surface area contributed by atoms with E-state index in [1.807, 2.05) is 53.6 Å². The molecule has 0 bridgehead atoms. The Kier molecular flexibility index (Phi) is 3.81. The Morgan fingerprint density at radius 2 is 2.00 bits per heavy atom. The van der Waals surface area contributed by atoms with Gasteiger partial charge in [-0.2, -0.15) is 5.10 Å². The lowest BCUT2D eigenvalue weighted by Gasteiger charge is -2.35. The summed E-state index contributed by atoms with van der Waals surface area (Å²) in [6, 6.07) is 13.4. The van der Waals surface area contributed by atoms with Crippen LogP contribution in [0.3, 0.4) is 0 Å². The van der Waals surface area contributed by atoms with Crippen molar-refractivity contribution >= 4 is 22.5 Å². The van der Waals surface area contributed by atoms with Gasteiger partial charge in [0.2, 0.25) is 0 Å². The molecular formula is C21H19N5O. The summed E-state index contributed by atoms with van der Waals surface area (Å²) < 4.78 is 1.74. The maximum Gasteiger partial charge on any atom is 0.255 e. The van der Waals surface area contributed by atoms with Gasteiger partial charge in [0.05, 0.1) is 23.4 Å². The molecule has 3 aromatic heterocycles. The second kappa shape index (κ2) is 6.46. The first-order valence-electron chi connectivity index (χ1n) is 9.26. The summed E-state index contributed by atoms with van der Waals surface area (Å²) in [5.41, 5.74) is 3.28. The minimum Gasteiger partial charge on any atom is -0.330 e. The van der Waals surface area contributed by atoms with Gasteiger partial charge in [-0.25, -0.2) is 9.50 Å². The molecule has 1 fully saturated rings. The number of rotatable bonds is 2. The SMILES string of the molecule is O=C(c1cccc2ncccc12)N1CCCCC1c1ccn2nccc2n1. The fourth-order valence-corrected chi connectivity index (χ4v) is 3.94. The first-order valence-corrected chi connectivity index (χ1v) is 9.26. The van der Waals surface area contributed by atoms with Crippen LogP contribution < -0.4 is 0 Å². The predicted molar refractivity (Wildman–Crippen MR) is 102 cm³/mol. The molecule has 1 aliphatic heterocycles. The van der Waals surface area contributed by atoms with Crippen molar-refractivity contribution in [1.82, 2.24) is 24.5 Å². The van der Waals surface area contributed by atoms with Crippen LogP contribution in [-0.2, 0) is 0 Å². The van der Waals surface area contributed by atoms with Crippen molar-refractivity contribution in [2.75, 3.05) is 6.54 Å². The molecule has 0 aliphatic carbocycles. The number of carbonyl (C=O) groups is 1. The summed E-state index contributed by atoms with van der Waals surface area (Å²) in [6.45, 7) is 0.742. The van der Waals surface area contributed by atoms with Crippen molar-refractivity contribution in [2.45, 2.75) is 25.3 Å². The van der Waals surface area contributed by atoms with E-state index in [2.05, 4.69) is 10.1 Å². The van der Waals surface area contributed by atoms with Gasteiger partial charge in [0.15, 0.2) is 5.65 Å². The van der Waals surface area contributed by atoms with E-state index in [1.165, 1.54) is 0 Å². The monoisotopic (exact) mass is 357 g/mol. The summed E-state index contributed by atoms with van der Waals surface area (Å²) in [6.07, 6.45) is 8.44. The van der Waals surface area contributed by atoms with Crippen LogP contribution >= 0.6 is 0 Å². The number of pyridine rings is 1. The summed E-state index contributed by atoms with van der Waals surface area (Å²) in [5.74, 6) is 0.0495. The lowest BCUT2D eigenvalue weighted by molar-refractivity contribution is 0.0608. The quantitative estimate of drug-likeness (QED) is 0.549. The van der Waals surface area contributed by atoms with E-state index >= 15 is 0 Å². The molecule has 0 saturated carbocycles. The maximum absolute atomic E-state index is 13.5. The van der Waals surface area contributed by atoms with E-state index in [4.69, 9.17) is 4.98 Å². The highest BCUT2D eigenvalue weighted by molar-refractivity contribution is 6.06. The number of hydrogen-bond acceptors (Lipinski definition) is 4. The second-order valence-electron chi connectivity index (χ2n) is 6.87. The Labute approximate surface area is 156 Å². The molecule has 134 valence electrons. The maximum atomic E-state index is 13.5. The van der Waals surface area contributed by atoms with Crippen LogP contribution in [0.5, 0.6) is 0 Å². The normalized spacial score (nSPS) is 17.5. The van der Waals surface area contributed by atoms with Gasteiger partial charge in [-0.05, 0) is 43.5 Å². The fraction of sp³-hybridized carbons (Fsp3) is 0.238. The highest BCUT2D eigenvalue weighted by Gasteiger charge is 2.30. The molecule has 1 atom stereocenters. The summed E-state index contributed by atoms with van der Waals surface area (Å²) in [7, 11) is 0. The van der Waals surface area contributed by atoms with Gasteiger partial charge < -0.3 is 4.90 Å². The van der Waals surface area contributed by atoms with Crippen LogP contribution in [0.1, 0.15) is 41.4 Å². The molecule has 27 heavy (non-hydrogen) atoms. The summed E-state index contributed by atoms with van der Waals surface area (Å²) >= 11 is 0. The number of piperidine rings is 1. The smallest absolute Gasteiger partial charge is 0.255 e. The van der Waals surface area contributed by atoms with Gasteiger partial charge in [-0.1, -0.05) is 12.1 Å². The number of nitrogens with zero attached hydrogens (tertiary/aromatic N) is 5. The average molecular weight is 357 g/mol. The summed E-state index contributed by atoms with van der Waals surface area (Å²) in [4.78, 5) is 24.6. The first kappa shape index (κ1) is 15.9.